The molecule has 3 heterocycles. The second-order valence-electron chi connectivity index (χ2n) is 6.17. The van der Waals surface area contributed by atoms with Crippen molar-refractivity contribution in [1.29, 1.82) is 0 Å². The Balaban J connectivity index is 1.71. The number of hydrogen-bond donors (Lipinski definition) is 4. The summed E-state index contributed by atoms with van der Waals surface area (Å²) >= 11 is 0. The largest absolute Gasteiger partial charge is 0.383 e. The lowest BCUT2D eigenvalue weighted by Gasteiger charge is -2.11. The predicted octanol–water partition coefficient (Wildman–Crippen LogP) is 0.542. The van der Waals surface area contributed by atoms with Crippen molar-refractivity contribution in [3.05, 3.63) is 23.5 Å². The summed E-state index contributed by atoms with van der Waals surface area (Å²) in [5.74, 6) is 1.03. The van der Waals surface area contributed by atoms with Crippen molar-refractivity contribution in [2.75, 3.05) is 30.9 Å². The van der Waals surface area contributed by atoms with Gasteiger partial charge in [-0.2, -0.15) is 9.61 Å². The molecule has 0 bridgehead atoms. The van der Waals surface area contributed by atoms with Gasteiger partial charge in [-0.3, -0.25) is 10.1 Å². The molecule has 10 nitrogen and oxygen atoms in total. The average molecular weight is 357 g/mol. The highest BCUT2D eigenvalue weighted by Crippen LogP contribution is 2.27. The van der Waals surface area contributed by atoms with Gasteiger partial charge in [-0.25, -0.2) is 9.78 Å². The normalized spacial score (nSPS) is 18.3. The number of fused-ring (bicyclic) bond motifs is 1. The molecule has 26 heavy (non-hydrogen) atoms. The second kappa shape index (κ2) is 6.64. The predicted molar refractivity (Wildman–Crippen MR) is 94.6 cm³/mol. The van der Waals surface area contributed by atoms with Crippen molar-refractivity contribution >= 4 is 35.3 Å². The Morgan fingerprint density at radius 3 is 2.92 bits per heavy atom. The summed E-state index contributed by atoms with van der Waals surface area (Å²) in [5.41, 5.74) is 1.38. The van der Waals surface area contributed by atoms with E-state index in [9.17, 15) is 9.59 Å². The molecule has 1 aliphatic heterocycles. The summed E-state index contributed by atoms with van der Waals surface area (Å²) in [6.07, 6.45) is 5.43. The quantitative estimate of drug-likeness (QED) is 0.324. The number of hydrogen-bond acceptors (Lipinski definition) is 7. The van der Waals surface area contributed by atoms with Crippen LogP contribution in [0.5, 0.6) is 0 Å². The van der Waals surface area contributed by atoms with Gasteiger partial charge in [-0.1, -0.05) is 0 Å². The lowest BCUT2D eigenvalue weighted by Crippen LogP contribution is -2.22. The third-order valence-electron chi connectivity index (χ3n) is 4.06. The molecule has 0 aromatic carbocycles. The fourth-order valence-electron chi connectivity index (χ4n) is 2.63. The van der Waals surface area contributed by atoms with Crippen molar-refractivity contribution in [3.8, 4) is 0 Å². The molecule has 2 aromatic rings. The summed E-state index contributed by atoms with van der Waals surface area (Å²) in [7, 11) is 1.64. The van der Waals surface area contributed by atoms with E-state index in [-0.39, 0.29) is 5.70 Å². The van der Waals surface area contributed by atoms with Gasteiger partial charge in [0.25, 0.3) is 5.91 Å². The summed E-state index contributed by atoms with van der Waals surface area (Å²) < 4.78 is 6.75. The van der Waals surface area contributed by atoms with E-state index in [1.807, 2.05) is 6.07 Å². The van der Waals surface area contributed by atoms with Gasteiger partial charge in [0, 0.05) is 31.3 Å². The molecule has 0 atom stereocenters. The van der Waals surface area contributed by atoms with Crippen LogP contribution in [0.2, 0.25) is 0 Å². The first-order valence-corrected chi connectivity index (χ1v) is 8.36. The number of carbonyl (C=O) groups is 2. The van der Waals surface area contributed by atoms with Crippen LogP contribution in [0.15, 0.2) is 18.0 Å². The number of imide groups is 1. The number of anilines is 2. The maximum Gasteiger partial charge on any atom is 0.326 e. The van der Waals surface area contributed by atoms with E-state index in [0.29, 0.717) is 36.2 Å². The monoisotopic (exact) mass is 357 g/mol. The van der Waals surface area contributed by atoms with Crippen LogP contribution >= 0.6 is 0 Å². The van der Waals surface area contributed by atoms with E-state index in [0.717, 1.165) is 18.7 Å². The average Bonchev–Trinajstić information content (AvgIpc) is 3.24. The smallest absolute Gasteiger partial charge is 0.326 e. The minimum Gasteiger partial charge on any atom is -0.383 e. The van der Waals surface area contributed by atoms with Gasteiger partial charge in [-0.05, 0) is 18.9 Å². The molecule has 3 amide bonds. The van der Waals surface area contributed by atoms with Gasteiger partial charge in [0.1, 0.15) is 17.3 Å². The van der Waals surface area contributed by atoms with Crippen molar-refractivity contribution in [1.82, 2.24) is 25.2 Å². The molecular formula is C16H19N7O3. The van der Waals surface area contributed by atoms with Crippen molar-refractivity contribution in [2.45, 2.75) is 18.9 Å². The van der Waals surface area contributed by atoms with Crippen molar-refractivity contribution < 1.29 is 14.3 Å². The van der Waals surface area contributed by atoms with Gasteiger partial charge in [0.2, 0.25) is 0 Å². The van der Waals surface area contributed by atoms with Crippen LogP contribution in [-0.2, 0) is 9.53 Å². The number of nitrogens with one attached hydrogen (secondary N) is 4. The molecule has 2 aromatic heterocycles. The highest BCUT2D eigenvalue weighted by Gasteiger charge is 2.25. The van der Waals surface area contributed by atoms with E-state index in [4.69, 9.17) is 4.74 Å². The van der Waals surface area contributed by atoms with Crippen LogP contribution in [0, 0.1) is 0 Å². The number of carbonyl (C=O) groups excluding carboxylic acids is 2. The van der Waals surface area contributed by atoms with Crippen LogP contribution in [-0.4, -0.2) is 52.8 Å². The van der Waals surface area contributed by atoms with Crippen LogP contribution < -0.4 is 21.3 Å². The minimum absolute atomic E-state index is 0.168. The SMILES string of the molecule is COCCNc1cc(NC2CC2)n2ncc(/C=C3\NC(=O)NC3=O)c2n1. The van der Waals surface area contributed by atoms with Crippen LogP contribution in [0.25, 0.3) is 11.7 Å². The summed E-state index contributed by atoms with van der Waals surface area (Å²) in [6.45, 7) is 1.17. The van der Waals surface area contributed by atoms with Crippen molar-refractivity contribution in [2.24, 2.45) is 0 Å². The summed E-state index contributed by atoms with van der Waals surface area (Å²) in [6, 6.07) is 1.80. The maximum absolute atomic E-state index is 11.8. The third-order valence-corrected chi connectivity index (χ3v) is 4.06. The minimum atomic E-state index is -0.538. The molecule has 2 aliphatic rings. The standard InChI is InChI=1S/C16H19N7O3/c1-26-5-4-17-12-7-13(19-10-2-3-10)23-14(21-12)9(8-18-23)6-11-15(24)22-16(25)20-11/h6-8,10,19H,2-5H2,1H3,(H,17,21)(H2,20,22,24,25)/b11-6-. The van der Waals surface area contributed by atoms with Gasteiger partial charge >= 0.3 is 6.03 Å². The number of methoxy groups -OCH3 is 1. The van der Waals surface area contributed by atoms with Gasteiger partial charge in [0.05, 0.1) is 12.8 Å². The molecule has 2 fully saturated rings. The van der Waals surface area contributed by atoms with Crippen LogP contribution in [0.3, 0.4) is 0 Å². The zero-order valence-electron chi connectivity index (χ0n) is 14.2. The fourth-order valence-corrected chi connectivity index (χ4v) is 2.63. The fraction of sp³-hybridized carbons (Fsp3) is 0.375. The Bertz CT molecular complexity index is 901. The highest BCUT2D eigenvalue weighted by atomic mass is 16.5. The molecule has 0 unspecified atom stereocenters. The Kier molecular flexibility index (Phi) is 4.17. The summed E-state index contributed by atoms with van der Waals surface area (Å²) in [4.78, 5) is 27.6. The Morgan fingerprint density at radius 2 is 2.23 bits per heavy atom. The Morgan fingerprint density at radius 1 is 1.38 bits per heavy atom. The van der Waals surface area contributed by atoms with Crippen LogP contribution in [0.1, 0.15) is 18.4 Å². The molecule has 136 valence electrons. The topological polar surface area (TPSA) is 122 Å². The molecular weight excluding hydrogens is 338 g/mol. The van der Waals surface area contributed by atoms with Gasteiger partial charge in [0.15, 0.2) is 5.65 Å². The summed E-state index contributed by atoms with van der Waals surface area (Å²) in [5, 5.41) is 15.7. The first-order chi connectivity index (χ1) is 12.6. The maximum atomic E-state index is 11.8. The molecule has 1 saturated carbocycles. The Hall–Kier alpha value is -3.14. The molecule has 10 heteroatoms. The second-order valence-corrected chi connectivity index (χ2v) is 6.17. The zero-order valence-corrected chi connectivity index (χ0v) is 14.2. The number of amides is 3. The van der Waals surface area contributed by atoms with E-state index in [1.54, 1.807) is 23.9 Å². The molecule has 4 rings (SSSR count). The first kappa shape index (κ1) is 16.3. The number of aromatic nitrogens is 3. The molecule has 4 N–H and O–H groups in total. The third kappa shape index (κ3) is 3.31. The molecule has 1 aliphatic carbocycles. The number of ether oxygens (including phenoxy) is 1. The van der Waals surface area contributed by atoms with E-state index in [1.165, 1.54) is 0 Å². The van der Waals surface area contributed by atoms with Gasteiger partial charge < -0.3 is 20.7 Å². The highest BCUT2D eigenvalue weighted by molar-refractivity contribution is 6.14. The van der Waals surface area contributed by atoms with E-state index < -0.39 is 11.9 Å². The first-order valence-electron chi connectivity index (χ1n) is 8.36. The van der Waals surface area contributed by atoms with Gasteiger partial charge in [-0.15, -0.1) is 0 Å². The van der Waals surface area contributed by atoms with E-state index in [2.05, 4.69) is 31.3 Å². The lowest BCUT2D eigenvalue weighted by atomic mass is 10.2. The lowest BCUT2D eigenvalue weighted by molar-refractivity contribution is -0.115. The Labute approximate surface area is 149 Å². The van der Waals surface area contributed by atoms with E-state index >= 15 is 0 Å². The van der Waals surface area contributed by atoms with Crippen LogP contribution in [0.4, 0.5) is 16.4 Å². The number of nitrogens with zero attached hydrogens (tertiary/aromatic N) is 3. The molecule has 0 radical (unpaired) electrons. The molecule has 1 saturated heterocycles. The zero-order chi connectivity index (χ0) is 18.1. The number of urea groups is 1. The molecule has 0 spiro atoms. The number of rotatable bonds is 7. The van der Waals surface area contributed by atoms with Crippen molar-refractivity contribution in [3.63, 3.8) is 0 Å².